The van der Waals surface area contributed by atoms with Gasteiger partial charge < -0.3 is 5.32 Å². The van der Waals surface area contributed by atoms with Crippen LogP contribution in [0.25, 0.3) is 0 Å². The van der Waals surface area contributed by atoms with E-state index in [0.29, 0.717) is 22.7 Å². The summed E-state index contributed by atoms with van der Waals surface area (Å²) in [5, 5.41) is 3.37. The van der Waals surface area contributed by atoms with Gasteiger partial charge in [-0.25, -0.2) is 0 Å². The van der Waals surface area contributed by atoms with Crippen LogP contribution < -0.4 is 16.2 Å². The summed E-state index contributed by atoms with van der Waals surface area (Å²) in [6.07, 6.45) is 2.39. The summed E-state index contributed by atoms with van der Waals surface area (Å²) in [6.45, 7) is 2.02. The lowest BCUT2D eigenvalue weighted by Gasteiger charge is -2.09. The van der Waals surface area contributed by atoms with E-state index >= 15 is 0 Å². The van der Waals surface area contributed by atoms with E-state index in [-0.39, 0.29) is 18.2 Å². The lowest BCUT2D eigenvalue weighted by Crippen LogP contribution is -2.42. The summed E-state index contributed by atoms with van der Waals surface area (Å²) in [7, 11) is 0. The molecule has 7 heteroatoms. The minimum atomic E-state index is -0.441. The zero-order chi connectivity index (χ0) is 19.6. The average molecular weight is 388 g/mol. The second-order valence-corrected chi connectivity index (χ2v) is 6.47. The van der Waals surface area contributed by atoms with Crippen LogP contribution in [0.3, 0.4) is 0 Å². The summed E-state index contributed by atoms with van der Waals surface area (Å²) in [5.74, 6) is -0.836. The first kappa shape index (κ1) is 20.5. The highest BCUT2D eigenvalue weighted by atomic mass is 35.5. The van der Waals surface area contributed by atoms with Crippen molar-refractivity contribution in [2.75, 3.05) is 5.32 Å². The Morgan fingerprint density at radius 2 is 1.56 bits per heavy atom. The van der Waals surface area contributed by atoms with Crippen molar-refractivity contribution in [1.82, 2.24) is 10.9 Å². The second-order valence-electron chi connectivity index (χ2n) is 6.03. The number of rotatable bonds is 7. The Hall–Kier alpha value is -2.86. The van der Waals surface area contributed by atoms with Crippen LogP contribution >= 0.6 is 11.6 Å². The van der Waals surface area contributed by atoms with E-state index in [1.165, 1.54) is 0 Å². The molecule has 6 nitrogen and oxygen atoms in total. The van der Waals surface area contributed by atoms with E-state index in [1.54, 1.807) is 48.5 Å². The van der Waals surface area contributed by atoms with Gasteiger partial charge in [0.15, 0.2) is 0 Å². The Labute approximate surface area is 163 Å². The molecule has 0 aliphatic rings. The van der Waals surface area contributed by atoms with Crippen molar-refractivity contribution in [3.05, 3.63) is 64.7 Å². The first-order valence-electron chi connectivity index (χ1n) is 8.71. The molecular formula is C20H22ClN3O3. The van der Waals surface area contributed by atoms with Gasteiger partial charge in [0.1, 0.15) is 0 Å². The molecule has 0 fully saturated rings. The molecule has 0 atom stereocenters. The molecule has 0 saturated carbocycles. The number of hydrogen-bond acceptors (Lipinski definition) is 3. The predicted molar refractivity (Wildman–Crippen MR) is 105 cm³/mol. The zero-order valence-corrected chi connectivity index (χ0v) is 15.8. The van der Waals surface area contributed by atoms with E-state index in [1.807, 2.05) is 6.92 Å². The van der Waals surface area contributed by atoms with Crippen molar-refractivity contribution in [2.24, 2.45) is 0 Å². The van der Waals surface area contributed by atoms with E-state index < -0.39 is 5.91 Å². The first-order chi connectivity index (χ1) is 13.0. The van der Waals surface area contributed by atoms with Gasteiger partial charge in [-0.15, -0.1) is 0 Å². The number of anilines is 1. The average Bonchev–Trinajstić information content (AvgIpc) is 2.67. The number of hydrogen-bond donors (Lipinski definition) is 3. The quantitative estimate of drug-likeness (QED) is 0.635. The molecule has 0 spiro atoms. The molecule has 2 aromatic carbocycles. The van der Waals surface area contributed by atoms with Crippen LogP contribution in [-0.4, -0.2) is 17.7 Å². The van der Waals surface area contributed by atoms with Crippen molar-refractivity contribution >= 4 is 35.0 Å². The third kappa shape index (κ3) is 7.11. The molecule has 3 amide bonds. The molecule has 3 N–H and O–H groups in total. The van der Waals surface area contributed by atoms with Crippen molar-refractivity contribution in [3.8, 4) is 0 Å². The molecule has 0 bridgehead atoms. The van der Waals surface area contributed by atoms with Gasteiger partial charge in [0.2, 0.25) is 11.8 Å². The lowest BCUT2D eigenvalue weighted by molar-refractivity contribution is -0.121. The summed E-state index contributed by atoms with van der Waals surface area (Å²) in [5.41, 5.74) is 6.52. The van der Waals surface area contributed by atoms with Gasteiger partial charge in [-0.05, 0) is 48.4 Å². The monoisotopic (exact) mass is 387 g/mol. The normalized spacial score (nSPS) is 10.1. The largest absolute Gasteiger partial charge is 0.326 e. The highest BCUT2D eigenvalue weighted by molar-refractivity contribution is 6.30. The summed E-state index contributed by atoms with van der Waals surface area (Å²) in [4.78, 5) is 35.7. The fourth-order valence-electron chi connectivity index (χ4n) is 2.30. The van der Waals surface area contributed by atoms with Gasteiger partial charge in [-0.1, -0.05) is 37.1 Å². The smallest absolute Gasteiger partial charge is 0.269 e. The van der Waals surface area contributed by atoms with E-state index in [9.17, 15) is 14.4 Å². The molecule has 2 rings (SSSR count). The van der Waals surface area contributed by atoms with E-state index in [2.05, 4.69) is 16.2 Å². The Bertz CT molecular complexity index is 789. The number of carbonyl (C=O) groups excluding carboxylic acids is 3. The molecule has 27 heavy (non-hydrogen) atoms. The number of nitrogens with one attached hydrogen (secondary N) is 3. The Morgan fingerprint density at radius 3 is 2.19 bits per heavy atom. The van der Waals surface area contributed by atoms with Crippen LogP contribution in [0, 0.1) is 0 Å². The van der Waals surface area contributed by atoms with Crippen molar-refractivity contribution < 1.29 is 14.4 Å². The maximum Gasteiger partial charge on any atom is 0.269 e. The summed E-state index contributed by atoms with van der Waals surface area (Å²) >= 11 is 5.80. The van der Waals surface area contributed by atoms with Gasteiger partial charge in [-0.2, -0.15) is 0 Å². The van der Waals surface area contributed by atoms with Crippen molar-refractivity contribution in [1.29, 1.82) is 0 Å². The van der Waals surface area contributed by atoms with E-state index in [0.717, 1.165) is 18.4 Å². The Balaban J connectivity index is 1.80. The molecule has 0 saturated heterocycles. The number of carbonyl (C=O) groups is 3. The second kappa shape index (κ2) is 10.3. The Morgan fingerprint density at radius 1 is 0.889 bits per heavy atom. The van der Waals surface area contributed by atoms with Gasteiger partial charge >= 0.3 is 0 Å². The SMILES string of the molecule is CCCCC(=O)Nc1ccc(C(=O)NNC(=O)Cc2ccc(Cl)cc2)cc1. The number of unbranched alkanes of at least 4 members (excludes halogenated alkanes) is 1. The highest BCUT2D eigenvalue weighted by Gasteiger charge is 2.09. The summed E-state index contributed by atoms with van der Waals surface area (Å²) < 4.78 is 0. The van der Waals surface area contributed by atoms with Crippen LogP contribution in [-0.2, 0) is 16.0 Å². The molecule has 0 aliphatic carbocycles. The highest BCUT2D eigenvalue weighted by Crippen LogP contribution is 2.11. The number of hydrazine groups is 1. The van der Waals surface area contributed by atoms with E-state index in [4.69, 9.17) is 11.6 Å². The maximum absolute atomic E-state index is 12.1. The first-order valence-corrected chi connectivity index (χ1v) is 9.09. The molecule has 0 radical (unpaired) electrons. The standard InChI is InChI=1S/C20H22ClN3O3/c1-2-3-4-18(25)22-17-11-7-15(8-12-17)20(27)24-23-19(26)13-14-5-9-16(21)10-6-14/h5-12H,2-4,13H2,1H3,(H,22,25)(H,23,26)(H,24,27). The third-order valence-electron chi connectivity index (χ3n) is 3.78. The fraction of sp³-hybridized carbons (Fsp3) is 0.250. The predicted octanol–water partition coefficient (Wildman–Crippen LogP) is 3.47. The number of amides is 3. The third-order valence-corrected chi connectivity index (χ3v) is 4.03. The van der Waals surface area contributed by atoms with Gasteiger partial charge in [-0.3, -0.25) is 25.2 Å². The molecule has 0 aliphatic heterocycles. The van der Waals surface area contributed by atoms with Gasteiger partial charge in [0.25, 0.3) is 5.91 Å². The molecule has 2 aromatic rings. The van der Waals surface area contributed by atoms with Crippen molar-refractivity contribution in [3.63, 3.8) is 0 Å². The molecule has 0 unspecified atom stereocenters. The van der Waals surface area contributed by atoms with Crippen LogP contribution in [0.1, 0.15) is 42.1 Å². The molecule has 0 aromatic heterocycles. The van der Waals surface area contributed by atoms with Crippen molar-refractivity contribution in [2.45, 2.75) is 32.6 Å². The molecule has 0 heterocycles. The zero-order valence-electron chi connectivity index (χ0n) is 15.0. The van der Waals surface area contributed by atoms with Crippen LogP contribution in [0.4, 0.5) is 5.69 Å². The topological polar surface area (TPSA) is 87.3 Å². The van der Waals surface area contributed by atoms with Crippen LogP contribution in [0.2, 0.25) is 5.02 Å². The number of halogens is 1. The minimum absolute atomic E-state index is 0.0523. The van der Waals surface area contributed by atoms with Gasteiger partial charge in [0.05, 0.1) is 6.42 Å². The fourth-order valence-corrected chi connectivity index (χ4v) is 2.42. The van der Waals surface area contributed by atoms with Crippen LogP contribution in [0.5, 0.6) is 0 Å². The number of benzene rings is 2. The molecular weight excluding hydrogens is 366 g/mol. The lowest BCUT2D eigenvalue weighted by atomic mass is 10.1. The molecule has 142 valence electrons. The minimum Gasteiger partial charge on any atom is -0.326 e. The van der Waals surface area contributed by atoms with Gasteiger partial charge in [0, 0.05) is 22.7 Å². The van der Waals surface area contributed by atoms with Crippen LogP contribution in [0.15, 0.2) is 48.5 Å². The summed E-state index contributed by atoms with van der Waals surface area (Å²) in [6, 6.07) is 13.3. The maximum atomic E-state index is 12.1. The Kier molecular flexibility index (Phi) is 7.82.